The van der Waals surface area contributed by atoms with Gasteiger partial charge < -0.3 is 0 Å². The third-order valence-electron chi connectivity index (χ3n) is 4.12. The molecule has 2 heterocycles. The summed E-state index contributed by atoms with van der Waals surface area (Å²) < 4.78 is 0. The van der Waals surface area contributed by atoms with Crippen LogP contribution < -0.4 is 5.01 Å². The fourth-order valence-electron chi connectivity index (χ4n) is 3.16. The molecule has 0 aliphatic carbocycles. The Labute approximate surface area is 124 Å². The van der Waals surface area contributed by atoms with Crippen LogP contribution in [-0.2, 0) is 4.79 Å². The lowest BCUT2D eigenvalue weighted by atomic mass is 10.0. The Kier molecular flexibility index (Phi) is 2.86. The fourth-order valence-corrected chi connectivity index (χ4v) is 3.16. The van der Waals surface area contributed by atoms with Crippen LogP contribution in [0.1, 0.15) is 23.6 Å². The number of fused-ring (bicyclic) bond motifs is 3. The third-order valence-corrected chi connectivity index (χ3v) is 4.12. The molecular weight excluding hydrogens is 260 g/mol. The van der Waals surface area contributed by atoms with E-state index in [1.54, 1.807) is 0 Å². The van der Waals surface area contributed by atoms with Crippen molar-refractivity contribution in [2.75, 3.05) is 11.6 Å². The second-order valence-electron chi connectivity index (χ2n) is 5.39. The standard InChI is InChI=1S/C18H16N2O/c21-18-12-13-19-16(11-10-14-6-2-1-3-7-14)15-8-4-5-9-17(15)20(18)19/h1-11,16H,12-13H2/b11-10+. The summed E-state index contributed by atoms with van der Waals surface area (Å²) in [6.45, 7) is 0.789. The van der Waals surface area contributed by atoms with Crippen LogP contribution in [0.4, 0.5) is 5.69 Å². The maximum atomic E-state index is 12.1. The molecule has 0 N–H and O–H groups in total. The van der Waals surface area contributed by atoms with Crippen LogP contribution in [0.3, 0.4) is 0 Å². The van der Waals surface area contributed by atoms with E-state index in [4.69, 9.17) is 0 Å². The first-order valence-electron chi connectivity index (χ1n) is 7.26. The van der Waals surface area contributed by atoms with Gasteiger partial charge in [0.05, 0.1) is 11.7 Å². The van der Waals surface area contributed by atoms with Crippen molar-refractivity contribution < 1.29 is 4.79 Å². The van der Waals surface area contributed by atoms with Crippen molar-refractivity contribution in [3.63, 3.8) is 0 Å². The van der Waals surface area contributed by atoms with Crippen molar-refractivity contribution in [2.24, 2.45) is 0 Å². The molecule has 3 nitrogen and oxygen atoms in total. The number of hydrogen-bond acceptors (Lipinski definition) is 2. The molecule has 21 heavy (non-hydrogen) atoms. The number of hydrazine groups is 1. The van der Waals surface area contributed by atoms with Gasteiger partial charge in [0.2, 0.25) is 5.91 Å². The lowest BCUT2D eigenvalue weighted by Crippen LogP contribution is -2.35. The number of amides is 1. The minimum Gasteiger partial charge on any atom is -0.273 e. The molecule has 2 aromatic carbocycles. The smallest absolute Gasteiger partial charge is 0.242 e. The van der Waals surface area contributed by atoms with E-state index in [1.165, 1.54) is 11.1 Å². The van der Waals surface area contributed by atoms with Crippen LogP contribution in [0.15, 0.2) is 60.7 Å². The van der Waals surface area contributed by atoms with Gasteiger partial charge >= 0.3 is 0 Å². The number of hydrogen-bond donors (Lipinski definition) is 0. The Balaban J connectivity index is 1.72. The zero-order valence-electron chi connectivity index (χ0n) is 11.6. The van der Waals surface area contributed by atoms with Crippen molar-refractivity contribution in [3.05, 3.63) is 71.8 Å². The van der Waals surface area contributed by atoms with Crippen LogP contribution in [0, 0.1) is 0 Å². The van der Waals surface area contributed by atoms with Crippen molar-refractivity contribution in [1.82, 2.24) is 5.01 Å². The van der Waals surface area contributed by atoms with Crippen LogP contribution >= 0.6 is 0 Å². The molecule has 4 rings (SSSR count). The molecule has 0 bridgehead atoms. The molecule has 1 atom stereocenters. The number of nitrogens with zero attached hydrogens (tertiary/aromatic N) is 2. The predicted molar refractivity (Wildman–Crippen MR) is 83.5 cm³/mol. The maximum Gasteiger partial charge on any atom is 0.242 e. The van der Waals surface area contributed by atoms with E-state index in [0.717, 1.165) is 12.2 Å². The maximum absolute atomic E-state index is 12.1. The number of carbonyl (C=O) groups excluding carboxylic acids is 1. The lowest BCUT2D eigenvalue weighted by molar-refractivity contribution is -0.117. The molecule has 3 heteroatoms. The molecule has 2 aromatic rings. The molecule has 2 aliphatic rings. The molecule has 1 amide bonds. The molecule has 0 saturated carbocycles. The van der Waals surface area contributed by atoms with E-state index in [-0.39, 0.29) is 11.9 Å². The zero-order valence-corrected chi connectivity index (χ0v) is 11.6. The third kappa shape index (κ3) is 1.98. The van der Waals surface area contributed by atoms with Gasteiger partial charge in [-0.2, -0.15) is 0 Å². The molecule has 1 unspecified atom stereocenters. The SMILES string of the molecule is O=C1CCN2C(/C=C/c3ccccc3)c3ccccc3N12. The van der Waals surface area contributed by atoms with Crippen molar-refractivity contribution in [2.45, 2.75) is 12.5 Å². The molecule has 1 fully saturated rings. The summed E-state index contributed by atoms with van der Waals surface area (Å²) in [7, 11) is 0. The summed E-state index contributed by atoms with van der Waals surface area (Å²) in [4.78, 5) is 12.1. The first-order chi connectivity index (χ1) is 10.3. The molecule has 2 aliphatic heterocycles. The average molecular weight is 276 g/mol. The van der Waals surface area contributed by atoms with E-state index in [1.807, 2.05) is 41.4 Å². The van der Waals surface area contributed by atoms with E-state index >= 15 is 0 Å². The Bertz CT molecular complexity index is 708. The number of anilines is 1. The Hall–Kier alpha value is -2.39. The van der Waals surface area contributed by atoms with Gasteiger partial charge in [-0.05, 0) is 11.6 Å². The highest BCUT2D eigenvalue weighted by Gasteiger charge is 2.42. The summed E-state index contributed by atoms with van der Waals surface area (Å²) >= 11 is 0. The number of benzene rings is 2. The van der Waals surface area contributed by atoms with E-state index in [9.17, 15) is 4.79 Å². The van der Waals surface area contributed by atoms with E-state index in [0.29, 0.717) is 6.42 Å². The van der Waals surface area contributed by atoms with E-state index < -0.39 is 0 Å². The number of carbonyl (C=O) groups is 1. The summed E-state index contributed by atoms with van der Waals surface area (Å²) in [5.41, 5.74) is 3.42. The molecule has 1 saturated heterocycles. The quantitative estimate of drug-likeness (QED) is 0.839. The fraction of sp³-hybridized carbons (Fsp3) is 0.167. The van der Waals surface area contributed by atoms with Gasteiger partial charge in [-0.25, -0.2) is 10.0 Å². The second-order valence-corrected chi connectivity index (χ2v) is 5.39. The largest absolute Gasteiger partial charge is 0.273 e. The van der Waals surface area contributed by atoms with Gasteiger partial charge in [-0.3, -0.25) is 4.79 Å². The number of rotatable bonds is 2. The summed E-state index contributed by atoms with van der Waals surface area (Å²) in [5.74, 6) is 0.193. The monoisotopic (exact) mass is 276 g/mol. The molecular formula is C18H16N2O. The number of para-hydroxylation sites is 1. The Morgan fingerprint density at radius 3 is 2.62 bits per heavy atom. The van der Waals surface area contributed by atoms with Crippen molar-refractivity contribution >= 4 is 17.7 Å². The van der Waals surface area contributed by atoms with Gasteiger partial charge in [0.25, 0.3) is 0 Å². The highest BCUT2D eigenvalue weighted by Crippen LogP contribution is 2.43. The minimum absolute atomic E-state index is 0.146. The van der Waals surface area contributed by atoms with E-state index in [2.05, 4.69) is 35.4 Å². The van der Waals surface area contributed by atoms with Gasteiger partial charge in [0.1, 0.15) is 0 Å². The topological polar surface area (TPSA) is 23.6 Å². The van der Waals surface area contributed by atoms with Crippen LogP contribution in [0.5, 0.6) is 0 Å². The van der Waals surface area contributed by atoms with Crippen molar-refractivity contribution in [3.8, 4) is 0 Å². The van der Waals surface area contributed by atoms with Crippen LogP contribution in [0.2, 0.25) is 0 Å². The Morgan fingerprint density at radius 2 is 1.76 bits per heavy atom. The first-order valence-corrected chi connectivity index (χ1v) is 7.26. The molecule has 0 spiro atoms. The van der Waals surface area contributed by atoms with Gasteiger partial charge in [-0.15, -0.1) is 0 Å². The van der Waals surface area contributed by atoms with Gasteiger partial charge in [-0.1, -0.05) is 60.7 Å². The predicted octanol–water partition coefficient (Wildman–Crippen LogP) is 3.41. The van der Waals surface area contributed by atoms with Gasteiger partial charge in [0, 0.05) is 18.5 Å². The van der Waals surface area contributed by atoms with Crippen LogP contribution in [0.25, 0.3) is 6.08 Å². The van der Waals surface area contributed by atoms with Gasteiger partial charge in [0.15, 0.2) is 0 Å². The molecule has 0 aromatic heterocycles. The first kappa shape index (κ1) is 12.4. The van der Waals surface area contributed by atoms with Crippen LogP contribution in [-0.4, -0.2) is 17.5 Å². The highest BCUT2D eigenvalue weighted by molar-refractivity contribution is 5.97. The zero-order chi connectivity index (χ0) is 14.2. The normalized spacial score (nSPS) is 21.0. The minimum atomic E-state index is 0.146. The lowest BCUT2D eigenvalue weighted by Gasteiger charge is -2.23. The molecule has 0 radical (unpaired) electrons. The summed E-state index contributed by atoms with van der Waals surface area (Å²) in [6.07, 6.45) is 4.92. The Morgan fingerprint density at radius 1 is 1.00 bits per heavy atom. The average Bonchev–Trinajstić information content (AvgIpc) is 3.05. The second kappa shape index (κ2) is 4.86. The highest BCUT2D eigenvalue weighted by atomic mass is 16.2. The summed E-state index contributed by atoms with van der Waals surface area (Å²) in [6, 6.07) is 18.6. The molecule has 104 valence electrons. The summed E-state index contributed by atoms with van der Waals surface area (Å²) in [5, 5.41) is 4.00. The van der Waals surface area contributed by atoms with Crippen molar-refractivity contribution in [1.29, 1.82) is 0 Å².